The molecule has 0 spiro atoms. The van der Waals surface area contributed by atoms with Crippen LogP contribution in [0.4, 0.5) is 0 Å². The van der Waals surface area contributed by atoms with E-state index in [2.05, 4.69) is 9.97 Å². The molecule has 3 heterocycles. The second kappa shape index (κ2) is 7.48. The highest BCUT2D eigenvalue weighted by Gasteiger charge is 2.23. The van der Waals surface area contributed by atoms with E-state index in [1.165, 1.54) is 11.7 Å². The van der Waals surface area contributed by atoms with Crippen LogP contribution in [0.3, 0.4) is 0 Å². The second-order valence-electron chi connectivity index (χ2n) is 6.38. The van der Waals surface area contributed by atoms with Gasteiger partial charge in [-0.15, -0.1) is 0 Å². The molecular weight excluding hydrogens is 390 g/mol. The normalized spacial score (nSPS) is 10.9. The Balaban J connectivity index is 2.16. The maximum atomic E-state index is 13.5. The van der Waals surface area contributed by atoms with Crippen LogP contribution in [0.2, 0.25) is 5.02 Å². The number of pyridine rings is 3. The summed E-state index contributed by atoms with van der Waals surface area (Å²) >= 11 is 6.04. The number of hydrogen-bond acceptors (Lipinski definition) is 5. The molecule has 0 fully saturated rings. The highest BCUT2D eigenvalue weighted by molar-refractivity contribution is 6.30. The lowest BCUT2D eigenvalue weighted by molar-refractivity contribution is 0.0600. The molecular formula is C22H16ClN3O3. The maximum Gasteiger partial charge on any atom is 0.340 e. The van der Waals surface area contributed by atoms with Crippen LogP contribution in [0.25, 0.3) is 27.8 Å². The number of methoxy groups -OCH3 is 1. The number of rotatable bonds is 3. The van der Waals surface area contributed by atoms with Crippen molar-refractivity contribution >= 4 is 28.5 Å². The summed E-state index contributed by atoms with van der Waals surface area (Å²) in [6.07, 6.45) is 3.24. The Kier molecular flexibility index (Phi) is 4.86. The Morgan fingerprint density at radius 3 is 2.52 bits per heavy atom. The van der Waals surface area contributed by atoms with E-state index in [0.29, 0.717) is 38.6 Å². The Bertz CT molecular complexity index is 1280. The molecule has 0 amide bonds. The smallest absolute Gasteiger partial charge is 0.340 e. The van der Waals surface area contributed by atoms with E-state index in [1.807, 2.05) is 0 Å². The van der Waals surface area contributed by atoms with Crippen molar-refractivity contribution in [3.8, 4) is 16.9 Å². The summed E-state index contributed by atoms with van der Waals surface area (Å²) in [5.74, 6) is -0.0869. The number of benzene rings is 1. The number of carbonyl (C=O) groups is 1. The van der Waals surface area contributed by atoms with E-state index >= 15 is 0 Å². The van der Waals surface area contributed by atoms with Crippen LogP contribution in [-0.4, -0.2) is 27.6 Å². The molecule has 0 unspecified atom stereocenters. The predicted molar refractivity (Wildman–Crippen MR) is 112 cm³/mol. The zero-order chi connectivity index (χ0) is 20.5. The monoisotopic (exact) mass is 405 g/mol. The van der Waals surface area contributed by atoms with Crippen molar-refractivity contribution in [2.45, 2.75) is 6.92 Å². The van der Waals surface area contributed by atoms with Gasteiger partial charge in [-0.2, -0.15) is 0 Å². The second-order valence-corrected chi connectivity index (χ2v) is 6.82. The molecule has 6 nitrogen and oxygen atoms in total. The first kappa shape index (κ1) is 18.8. The minimum absolute atomic E-state index is 0.248. The molecule has 0 atom stereocenters. The summed E-state index contributed by atoms with van der Waals surface area (Å²) in [7, 11) is 1.30. The van der Waals surface area contributed by atoms with Crippen LogP contribution in [0.1, 0.15) is 16.1 Å². The zero-order valence-electron chi connectivity index (χ0n) is 15.7. The molecule has 29 heavy (non-hydrogen) atoms. The quantitative estimate of drug-likeness (QED) is 0.477. The van der Waals surface area contributed by atoms with Gasteiger partial charge in [0.1, 0.15) is 5.82 Å². The van der Waals surface area contributed by atoms with Crippen LogP contribution >= 0.6 is 11.6 Å². The molecule has 0 saturated heterocycles. The van der Waals surface area contributed by atoms with Gasteiger partial charge in [0.2, 0.25) is 0 Å². The summed E-state index contributed by atoms with van der Waals surface area (Å²) in [4.78, 5) is 34.8. The number of nitrogens with zero attached hydrogens (tertiary/aromatic N) is 3. The number of fused-ring (bicyclic) bond motifs is 1. The molecule has 7 heteroatoms. The summed E-state index contributed by atoms with van der Waals surface area (Å²) in [5.41, 5.74) is 2.01. The van der Waals surface area contributed by atoms with Crippen LogP contribution in [0, 0.1) is 6.92 Å². The van der Waals surface area contributed by atoms with E-state index in [-0.39, 0.29) is 11.1 Å². The number of carbonyl (C=O) groups excluding carboxylic acids is 1. The van der Waals surface area contributed by atoms with E-state index in [4.69, 9.17) is 16.3 Å². The molecule has 0 aliphatic heterocycles. The van der Waals surface area contributed by atoms with Crippen molar-refractivity contribution in [2.75, 3.05) is 7.11 Å². The van der Waals surface area contributed by atoms with Gasteiger partial charge in [0, 0.05) is 23.0 Å². The number of ether oxygens (including phenoxy) is 1. The number of hydrogen-bond donors (Lipinski definition) is 0. The fraction of sp³-hybridized carbons (Fsp3) is 0.0909. The fourth-order valence-electron chi connectivity index (χ4n) is 3.33. The van der Waals surface area contributed by atoms with Crippen LogP contribution < -0.4 is 5.56 Å². The average molecular weight is 406 g/mol. The summed E-state index contributed by atoms with van der Waals surface area (Å²) < 4.78 is 6.41. The average Bonchev–Trinajstić information content (AvgIpc) is 2.74. The molecule has 0 N–H and O–H groups in total. The Labute approximate surface area is 171 Å². The fourth-order valence-corrected chi connectivity index (χ4v) is 3.46. The molecule has 0 saturated carbocycles. The first-order valence-corrected chi connectivity index (χ1v) is 9.20. The minimum Gasteiger partial charge on any atom is -0.465 e. The van der Waals surface area contributed by atoms with Gasteiger partial charge in [0.25, 0.3) is 5.56 Å². The molecule has 0 radical (unpaired) electrons. The topological polar surface area (TPSA) is 74.1 Å². The Morgan fingerprint density at radius 1 is 1.10 bits per heavy atom. The molecule has 144 valence electrons. The van der Waals surface area contributed by atoms with Gasteiger partial charge in [-0.05, 0) is 42.8 Å². The lowest BCUT2D eigenvalue weighted by Crippen LogP contribution is -2.21. The third kappa shape index (κ3) is 3.28. The van der Waals surface area contributed by atoms with E-state index in [9.17, 15) is 9.59 Å². The third-order valence-corrected chi connectivity index (χ3v) is 4.89. The van der Waals surface area contributed by atoms with E-state index in [0.717, 1.165) is 0 Å². The summed E-state index contributed by atoms with van der Waals surface area (Å²) in [5, 5.41) is 0.862. The number of esters is 1. The van der Waals surface area contributed by atoms with Gasteiger partial charge in [0.15, 0.2) is 0 Å². The number of halogens is 1. The molecule has 4 rings (SSSR count). The minimum atomic E-state index is -0.561. The van der Waals surface area contributed by atoms with Gasteiger partial charge in [-0.25, -0.2) is 9.78 Å². The molecule has 0 aliphatic rings. The lowest BCUT2D eigenvalue weighted by Gasteiger charge is -2.15. The number of aromatic nitrogens is 3. The first-order valence-electron chi connectivity index (χ1n) is 8.83. The summed E-state index contributed by atoms with van der Waals surface area (Å²) in [6, 6.07) is 14.0. The Morgan fingerprint density at radius 2 is 1.86 bits per heavy atom. The SMILES string of the molecule is COC(=O)c1c(C)nc2ccn(-c3ccccn3)c(=O)c2c1-c1ccc(Cl)cc1. The highest BCUT2D eigenvalue weighted by atomic mass is 35.5. The van der Waals surface area contributed by atoms with Crippen molar-refractivity contribution in [3.05, 3.63) is 87.6 Å². The van der Waals surface area contributed by atoms with Crippen LogP contribution in [0.5, 0.6) is 0 Å². The zero-order valence-corrected chi connectivity index (χ0v) is 16.5. The highest BCUT2D eigenvalue weighted by Crippen LogP contribution is 2.32. The first-order chi connectivity index (χ1) is 14.0. The van der Waals surface area contributed by atoms with Crippen LogP contribution in [-0.2, 0) is 4.74 Å². The van der Waals surface area contributed by atoms with Crippen molar-refractivity contribution in [1.82, 2.24) is 14.5 Å². The van der Waals surface area contributed by atoms with Crippen molar-refractivity contribution in [3.63, 3.8) is 0 Å². The molecule has 3 aromatic heterocycles. The molecule has 0 bridgehead atoms. The van der Waals surface area contributed by atoms with Gasteiger partial charge in [0.05, 0.1) is 29.3 Å². The standard InChI is InChI=1S/C22H16ClN3O3/c1-13-18(22(28)29-2)19(14-6-8-15(23)9-7-14)20-16(25-13)10-12-26(21(20)27)17-5-3-4-11-24-17/h3-12H,1-2H3. The number of aryl methyl sites for hydroxylation is 1. The third-order valence-electron chi connectivity index (χ3n) is 4.64. The van der Waals surface area contributed by atoms with Gasteiger partial charge in [-0.3, -0.25) is 14.3 Å². The lowest BCUT2D eigenvalue weighted by atomic mass is 9.95. The largest absolute Gasteiger partial charge is 0.465 e. The summed E-state index contributed by atoms with van der Waals surface area (Å²) in [6.45, 7) is 1.72. The van der Waals surface area contributed by atoms with Crippen molar-refractivity contribution in [1.29, 1.82) is 0 Å². The van der Waals surface area contributed by atoms with Crippen LogP contribution in [0.15, 0.2) is 65.7 Å². The molecule has 4 aromatic rings. The predicted octanol–water partition coefficient (Wildman–Crippen LogP) is 4.20. The maximum absolute atomic E-state index is 13.5. The van der Waals surface area contributed by atoms with E-state index < -0.39 is 5.97 Å². The van der Waals surface area contributed by atoms with Crippen molar-refractivity contribution < 1.29 is 9.53 Å². The molecule has 0 aliphatic carbocycles. The molecule has 1 aromatic carbocycles. The van der Waals surface area contributed by atoms with E-state index in [1.54, 1.807) is 67.8 Å². The van der Waals surface area contributed by atoms with Gasteiger partial charge in [-0.1, -0.05) is 29.8 Å². The van der Waals surface area contributed by atoms with Gasteiger partial charge >= 0.3 is 5.97 Å². The van der Waals surface area contributed by atoms with Gasteiger partial charge < -0.3 is 4.74 Å². The Hall–Kier alpha value is -3.51. The van der Waals surface area contributed by atoms with Crippen molar-refractivity contribution in [2.24, 2.45) is 0 Å².